The van der Waals surface area contributed by atoms with Crippen molar-refractivity contribution in [2.75, 3.05) is 26.2 Å². The molecular weight excluding hydrogens is 218 g/mol. The molecule has 16 heavy (non-hydrogen) atoms. The fourth-order valence-corrected chi connectivity index (χ4v) is 1.72. The Hall–Kier alpha value is -0.750. The molecule has 0 bridgehead atoms. The number of carbonyl (C=O) groups excluding carboxylic acids is 1. The number of aliphatic hydroxyl groups is 1. The van der Waals surface area contributed by atoms with Gasteiger partial charge in [0.05, 0.1) is 6.54 Å². The van der Waals surface area contributed by atoms with E-state index in [0.717, 1.165) is 25.9 Å². The first-order valence-corrected chi connectivity index (χ1v) is 5.49. The number of carbonyl (C=O) groups is 1. The second-order valence-corrected chi connectivity index (χ2v) is 4.21. The first kappa shape index (κ1) is 13.3. The summed E-state index contributed by atoms with van der Waals surface area (Å²) in [6.45, 7) is -0.300. The molecule has 1 atom stereocenters. The third-order valence-electron chi connectivity index (χ3n) is 2.65. The van der Waals surface area contributed by atoms with E-state index in [1.807, 2.05) is 0 Å². The molecule has 1 rings (SSSR count). The molecular formula is C10H18F2N2O2. The van der Waals surface area contributed by atoms with Crippen molar-refractivity contribution in [2.45, 2.75) is 25.2 Å². The van der Waals surface area contributed by atoms with Gasteiger partial charge in [-0.25, -0.2) is 8.78 Å². The monoisotopic (exact) mass is 236 g/mol. The lowest BCUT2D eigenvalue weighted by Gasteiger charge is -2.22. The van der Waals surface area contributed by atoms with Gasteiger partial charge >= 0.3 is 0 Å². The number of aliphatic hydroxyl groups excluding tert-OH is 1. The maximum atomic E-state index is 12.6. The van der Waals surface area contributed by atoms with Gasteiger partial charge in [-0.3, -0.25) is 4.79 Å². The lowest BCUT2D eigenvalue weighted by atomic mass is 9.96. The maximum Gasteiger partial charge on any atom is 0.287 e. The van der Waals surface area contributed by atoms with Crippen LogP contribution in [0.1, 0.15) is 19.3 Å². The van der Waals surface area contributed by atoms with Crippen LogP contribution in [0.2, 0.25) is 0 Å². The third-order valence-corrected chi connectivity index (χ3v) is 2.65. The van der Waals surface area contributed by atoms with Crippen LogP contribution in [0.4, 0.5) is 8.78 Å². The van der Waals surface area contributed by atoms with E-state index in [4.69, 9.17) is 5.11 Å². The lowest BCUT2D eigenvalue weighted by Crippen LogP contribution is -2.40. The zero-order chi connectivity index (χ0) is 12.0. The fraction of sp³-hybridized carbons (Fsp3) is 0.900. The summed E-state index contributed by atoms with van der Waals surface area (Å²) in [5.41, 5.74) is 0. The Morgan fingerprint density at radius 1 is 1.56 bits per heavy atom. The highest BCUT2D eigenvalue weighted by Gasteiger charge is 2.28. The largest absolute Gasteiger partial charge is 0.390 e. The molecule has 4 nitrogen and oxygen atoms in total. The molecule has 1 saturated heterocycles. The Morgan fingerprint density at radius 2 is 2.31 bits per heavy atom. The van der Waals surface area contributed by atoms with Gasteiger partial charge in [-0.05, 0) is 31.8 Å². The molecule has 94 valence electrons. The van der Waals surface area contributed by atoms with Crippen LogP contribution >= 0.6 is 0 Å². The minimum atomic E-state index is -3.22. The predicted octanol–water partition coefficient (Wildman–Crippen LogP) is 0.120. The third kappa shape index (κ3) is 4.85. The molecule has 0 aromatic carbocycles. The zero-order valence-corrected chi connectivity index (χ0v) is 9.14. The van der Waals surface area contributed by atoms with Crippen molar-refractivity contribution in [2.24, 2.45) is 5.92 Å². The van der Waals surface area contributed by atoms with E-state index >= 15 is 0 Å². The molecule has 0 aromatic heterocycles. The van der Waals surface area contributed by atoms with Crippen LogP contribution in [0, 0.1) is 5.92 Å². The Kier molecular flexibility index (Phi) is 5.08. The van der Waals surface area contributed by atoms with Crippen LogP contribution in [0.25, 0.3) is 0 Å². The summed E-state index contributed by atoms with van der Waals surface area (Å²) >= 11 is 0. The molecule has 0 saturated carbocycles. The standard InChI is InChI=1S/C10H18F2N2O2/c11-10(12,7-15)6-14-9(16)4-8-2-1-3-13-5-8/h8,13,15H,1-7H2,(H,14,16). The number of amides is 1. The molecule has 0 aliphatic carbocycles. The Morgan fingerprint density at radius 3 is 2.88 bits per heavy atom. The summed E-state index contributed by atoms with van der Waals surface area (Å²) in [6.07, 6.45) is 2.25. The van der Waals surface area contributed by atoms with E-state index in [-0.39, 0.29) is 18.2 Å². The summed E-state index contributed by atoms with van der Waals surface area (Å²) in [5.74, 6) is -3.36. The minimum absolute atomic E-state index is 0.233. The van der Waals surface area contributed by atoms with Crippen LogP contribution in [-0.4, -0.2) is 43.2 Å². The van der Waals surface area contributed by atoms with E-state index < -0.39 is 19.1 Å². The minimum Gasteiger partial charge on any atom is -0.390 e. The van der Waals surface area contributed by atoms with Gasteiger partial charge in [0.25, 0.3) is 5.92 Å². The molecule has 1 fully saturated rings. The lowest BCUT2D eigenvalue weighted by molar-refractivity contribution is -0.125. The van der Waals surface area contributed by atoms with E-state index in [9.17, 15) is 13.6 Å². The second kappa shape index (κ2) is 6.10. The SMILES string of the molecule is O=C(CC1CCCNC1)NCC(F)(F)CO. The van der Waals surface area contributed by atoms with Gasteiger partial charge in [0.15, 0.2) is 0 Å². The fourth-order valence-electron chi connectivity index (χ4n) is 1.72. The average Bonchev–Trinajstić information content (AvgIpc) is 2.28. The van der Waals surface area contributed by atoms with Crippen LogP contribution in [0.5, 0.6) is 0 Å². The number of rotatable bonds is 5. The van der Waals surface area contributed by atoms with E-state index in [2.05, 4.69) is 10.6 Å². The smallest absolute Gasteiger partial charge is 0.287 e. The van der Waals surface area contributed by atoms with Crippen molar-refractivity contribution in [3.05, 3.63) is 0 Å². The first-order chi connectivity index (χ1) is 7.53. The molecule has 0 aromatic rings. The van der Waals surface area contributed by atoms with E-state index in [1.165, 1.54) is 0 Å². The van der Waals surface area contributed by atoms with Crippen LogP contribution in [0.3, 0.4) is 0 Å². The molecule has 0 spiro atoms. The highest BCUT2D eigenvalue weighted by molar-refractivity contribution is 5.76. The highest BCUT2D eigenvalue weighted by Crippen LogP contribution is 2.14. The molecule has 1 aliphatic heterocycles. The van der Waals surface area contributed by atoms with Gasteiger partial charge in [0.2, 0.25) is 5.91 Å². The van der Waals surface area contributed by atoms with Gasteiger partial charge in [-0.15, -0.1) is 0 Å². The zero-order valence-electron chi connectivity index (χ0n) is 9.14. The van der Waals surface area contributed by atoms with Crippen LogP contribution in [-0.2, 0) is 4.79 Å². The van der Waals surface area contributed by atoms with Crippen LogP contribution in [0.15, 0.2) is 0 Å². The molecule has 1 heterocycles. The number of nitrogens with one attached hydrogen (secondary N) is 2. The van der Waals surface area contributed by atoms with Crippen molar-refractivity contribution in [1.82, 2.24) is 10.6 Å². The van der Waals surface area contributed by atoms with Crippen molar-refractivity contribution < 1.29 is 18.7 Å². The second-order valence-electron chi connectivity index (χ2n) is 4.21. The molecule has 1 unspecified atom stereocenters. The Labute approximate surface area is 93.4 Å². The number of halogens is 2. The van der Waals surface area contributed by atoms with E-state index in [1.54, 1.807) is 0 Å². The van der Waals surface area contributed by atoms with Crippen LogP contribution < -0.4 is 10.6 Å². The first-order valence-electron chi connectivity index (χ1n) is 5.49. The molecule has 6 heteroatoms. The number of hydrogen-bond acceptors (Lipinski definition) is 3. The van der Waals surface area contributed by atoms with Crippen molar-refractivity contribution >= 4 is 5.91 Å². The molecule has 0 radical (unpaired) electrons. The van der Waals surface area contributed by atoms with Crippen molar-refractivity contribution in [3.63, 3.8) is 0 Å². The van der Waals surface area contributed by atoms with Gasteiger partial charge in [0.1, 0.15) is 6.61 Å². The normalized spacial score (nSPS) is 21.8. The van der Waals surface area contributed by atoms with Gasteiger partial charge in [-0.1, -0.05) is 0 Å². The summed E-state index contributed by atoms with van der Waals surface area (Å²) in [4.78, 5) is 11.3. The number of alkyl halides is 2. The maximum absolute atomic E-state index is 12.6. The topological polar surface area (TPSA) is 61.4 Å². The summed E-state index contributed by atoms with van der Waals surface area (Å²) in [7, 11) is 0. The summed E-state index contributed by atoms with van der Waals surface area (Å²) in [6, 6.07) is 0. The quantitative estimate of drug-likeness (QED) is 0.635. The molecule has 1 aliphatic rings. The van der Waals surface area contributed by atoms with Crippen molar-refractivity contribution in [3.8, 4) is 0 Å². The highest BCUT2D eigenvalue weighted by atomic mass is 19.3. The predicted molar refractivity (Wildman–Crippen MR) is 55.3 cm³/mol. The molecule has 3 N–H and O–H groups in total. The van der Waals surface area contributed by atoms with Gasteiger partial charge in [-0.2, -0.15) is 0 Å². The van der Waals surface area contributed by atoms with Crippen molar-refractivity contribution in [1.29, 1.82) is 0 Å². The van der Waals surface area contributed by atoms with Gasteiger partial charge in [0, 0.05) is 6.42 Å². The Balaban J connectivity index is 2.19. The van der Waals surface area contributed by atoms with Gasteiger partial charge < -0.3 is 15.7 Å². The summed E-state index contributed by atoms with van der Waals surface area (Å²) < 4.78 is 25.2. The number of hydrogen-bond donors (Lipinski definition) is 3. The average molecular weight is 236 g/mol. The molecule has 1 amide bonds. The number of piperidine rings is 1. The Bertz CT molecular complexity index is 231. The van der Waals surface area contributed by atoms with E-state index in [0.29, 0.717) is 0 Å². The summed E-state index contributed by atoms with van der Waals surface area (Å²) in [5, 5.41) is 13.6.